The first-order chi connectivity index (χ1) is 6.54. The van der Waals surface area contributed by atoms with E-state index < -0.39 is 11.9 Å². The zero-order chi connectivity index (χ0) is 11.4. The Morgan fingerprint density at radius 1 is 1.43 bits per heavy atom. The van der Waals surface area contributed by atoms with E-state index in [4.69, 9.17) is 15.2 Å². The zero-order valence-electron chi connectivity index (χ0n) is 7.97. The first-order valence-corrected chi connectivity index (χ1v) is 3.84. The number of carbonyl (C=O) groups is 2. The summed E-state index contributed by atoms with van der Waals surface area (Å²) in [4.78, 5) is 22.6. The minimum Gasteiger partial charge on any atom is -0.481 e. The Bertz CT molecular complexity index is 203. The second-order valence-corrected chi connectivity index (χ2v) is 2.18. The van der Waals surface area contributed by atoms with Crippen LogP contribution in [-0.2, 0) is 14.5 Å². The Morgan fingerprint density at radius 3 is 2.29 bits per heavy atom. The van der Waals surface area contributed by atoms with Gasteiger partial charge in [0.15, 0.2) is 0 Å². The van der Waals surface area contributed by atoms with E-state index in [-0.39, 0.29) is 6.42 Å². The molecule has 14 heavy (non-hydrogen) atoms. The topological polar surface area (TPSA) is 83.8 Å². The molecule has 0 heterocycles. The molecule has 0 atom stereocenters. The number of aliphatic carboxylic acids is 1. The van der Waals surface area contributed by atoms with Crippen molar-refractivity contribution in [1.29, 1.82) is 0 Å². The number of carboxylic acid groups (broad SMARTS) is 1. The van der Waals surface area contributed by atoms with Crippen LogP contribution in [0.15, 0.2) is 24.8 Å². The molecule has 0 unspecified atom stereocenters. The average molecular weight is 202 g/mol. The molecule has 5 nitrogen and oxygen atoms in total. The summed E-state index contributed by atoms with van der Waals surface area (Å²) in [5.74, 6) is -1.49. The molecule has 2 N–H and O–H groups in total. The Kier molecular flexibility index (Phi) is 12.1. The molecule has 0 aliphatic carbocycles. The monoisotopic (exact) mass is 202 g/mol. The highest BCUT2D eigenvalue weighted by atomic mass is 17.1. The Morgan fingerprint density at radius 2 is 1.93 bits per heavy atom. The number of carboxylic acids is 1. The molecule has 0 fully saturated rings. The van der Waals surface area contributed by atoms with E-state index in [0.717, 1.165) is 13.3 Å². The molecule has 0 saturated carbocycles. The van der Waals surface area contributed by atoms with Crippen molar-refractivity contribution in [2.45, 2.75) is 19.8 Å². The van der Waals surface area contributed by atoms with Gasteiger partial charge in [0.2, 0.25) is 0 Å². The fourth-order valence-corrected chi connectivity index (χ4v) is 0.409. The van der Waals surface area contributed by atoms with Crippen molar-refractivity contribution >= 4 is 11.9 Å². The smallest absolute Gasteiger partial charge is 0.345 e. The molecule has 0 aromatic heterocycles. The lowest BCUT2D eigenvalue weighted by Gasteiger charge is -1.87. The molecule has 0 aliphatic heterocycles. The van der Waals surface area contributed by atoms with Crippen LogP contribution in [-0.4, -0.2) is 22.3 Å². The molecule has 0 aromatic carbocycles. The Hall–Kier alpha value is -1.62. The third-order valence-corrected chi connectivity index (χ3v) is 0.856. The second-order valence-electron chi connectivity index (χ2n) is 2.18. The molecule has 0 radical (unpaired) electrons. The number of rotatable bonds is 4. The van der Waals surface area contributed by atoms with Gasteiger partial charge in [0.05, 0.1) is 6.42 Å². The number of carbonyl (C=O) groups excluding carboxylic acids is 1. The fraction of sp³-hybridized carbons (Fsp3) is 0.333. The van der Waals surface area contributed by atoms with Gasteiger partial charge in [0, 0.05) is 6.92 Å². The van der Waals surface area contributed by atoms with Gasteiger partial charge in [-0.05, 0) is 6.42 Å². The predicted molar refractivity (Wildman–Crippen MR) is 50.6 cm³/mol. The predicted octanol–water partition coefficient (Wildman–Crippen LogP) is 1.62. The largest absolute Gasteiger partial charge is 0.481 e. The van der Waals surface area contributed by atoms with Crippen LogP contribution in [0.5, 0.6) is 0 Å². The first-order valence-electron chi connectivity index (χ1n) is 3.84. The number of hydrogen-bond acceptors (Lipinski definition) is 4. The van der Waals surface area contributed by atoms with Crippen molar-refractivity contribution in [2.24, 2.45) is 0 Å². The lowest BCUT2D eigenvalue weighted by molar-refractivity contribution is -0.233. The first kappa shape index (κ1) is 14.9. The number of allylic oxidation sites excluding steroid dienone is 2. The van der Waals surface area contributed by atoms with Gasteiger partial charge < -0.3 is 9.99 Å². The summed E-state index contributed by atoms with van der Waals surface area (Å²) >= 11 is 0. The number of hydrogen-bond donors (Lipinski definition) is 2. The molecule has 0 spiro atoms. The van der Waals surface area contributed by atoms with Gasteiger partial charge in [-0.2, -0.15) is 5.26 Å². The molecule has 0 saturated heterocycles. The normalized spacial score (nSPS) is 8.71. The van der Waals surface area contributed by atoms with Crippen molar-refractivity contribution in [2.75, 3.05) is 0 Å². The molecule has 0 aromatic rings. The van der Waals surface area contributed by atoms with E-state index in [9.17, 15) is 4.79 Å². The van der Waals surface area contributed by atoms with Crippen LogP contribution in [0.2, 0.25) is 0 Å². The van der Waals surface area contributed by atoms with E-state index in [1.54, 1.807) is 18.2 Å². The molecule has 5 heteroatoms. The summed E-state index contributed by atoms with van der Waals surface area (Å²) < 4.78 is 0. The van der Waals surface area contributed by atoms with E-state index in [1.165, 1.54) is 0 Å². The second kappa shape index (κ2) is 11.4. The van der Waals surface area contributed by atoms with Gasteiger partial charge >= 0.3 is 5.97 Å². The standard InChI is InChI=1S/C7H10O3.C2H4O2/c1-2-3-4-5-6-7(8)10-9;1-2(3)4/h2,4-5,9H,1,3,6H2;1H3,(H,3,4). The van der Waals surface area contributed by atoms with Crippen LogP contribution < -0.4 is 0 Å². The third kappa shape index (κ3) is 22.4. The molecular formula is C9H14O5. The third-order valence-electron chi connectivity index (χ3n) is 0.856. The highest BCUT2D eigenvalue weighted by molar-refractivity contribution is 5.70. The van der Waals surface area contributed by atoms with Crippen LogP contribution >= 0.6 is 0 Å². The Balaban J connectivity index is 0. The summed E-state index contributed by atoms with van der Waals surface area (Å²) in [6, 6.07) is 0. The molecule has 80 valence electrons. The fourth-order valence-electron chi connectivity index (χ4n) is 0.409. The van der Waals surface area contributed by atoms with Gasteiger partial charge in [-0.25, -0.2) is 4.79 Å². The molecule has 0 bridgehead atoms. The van der Waals surface area contributed by atoms with Gasteiger partial charge in [-0.3, -0.25) is 4.79 Å². The molecule has 0 aliphatic rings. The van der Waals surface area contributed by atoms with Gasteiger partial charge in [-0.1, -0.05) is 18.2 Å². The van der Waals surface area contributed by atoms with Crippen molar-refractivity contribution in [3.05, 3.63) is 24.8 Å². The minimum atomic E-state index is -0.833. The van der Waals surface area contributed by atoms with E-state index in [2.05, 4.69) is 11.5 Å². The van der Waals surface area contributed by atoms with E-state index in [0.29, 0.717) is 0 Å². The highest BCUT2D eigenvalue weighted by Crippen LogP contribution is 1.89. The maximum Gasteiger partial charge on any atom is 0.345 e. The van der Waals surface area contributed by atoms with Gasteiger partial charge in [0.1, 0.15) is 0 Å². The lowest BCUT2D eigenvalue weighted by Crippen LogP contribution is -1.97. The zero-order valence-corrected chi connectivity index (χ0v) is 7.97. The maximum atomic E-state index is 10.2. The lowest BCUT2D eigenvalue weighted by atomic mass is 10.3. The summed E-state index contributed by atoms with van der Waals surface area (Å²) in [5.41, 5.74) is 0. The quantitative estimate of drug-likeness (QED) is 0.411. The minimum absolute atomic E-state index is 0.102. The summed E-state index contributed by atoms with van der Waals surface area (Å²) in [6.45, 7) is 4.56. The van der Waals surface area contributed by atoms with Crippen LogP contribution in [0.1, 0.15) is 19.8 Å². The molecule has 0 rings (SSSR count). The molecular weight excluding hydrogens is 188 g/mol. The molecule has 0 amide bonds. The average Bonchev–Trinajstić information content (AvgIpc) is 2.11. The summed E-state index contributed by atoms with van der Waals surface area (Å²) in [6.07, 6.45) is 5.91. The van der Waals surface area contributed by atoms with Crippen LogP contribution in [0.4, 0.5) is 0 Å². The summed E-state index contributed by atoms with van der Waals surface area (Å²) in [7, 11) is 0. The van der Waals surface area contributed by atoms with Gasteiger partial charge in [0.25, 0.3) is 5.97 Å². The van der Waals surface area contributed by atoms with E-state index in [1.807, 2.05) is 0 Å². The Labute approximate surface area is 82.2 Å². The van der Waals surface area contributed by atoms with E-state index >= 15 is 0 Å². The summed E-state index contributed by atoms with van der Waals surface area (Å²) in [5, 5.41) is 15.2. The van der Waals surface area contributed by atoms with Gasteiger partial charge in [-0.15, -0.1) is 6.58 Å². The van der Waals surface area contributed by atoms with Crippen molar-refractivity contribution in [1.82, 2.24) is 0 Å². The van der Waals surface area contributed by atoms with Crippen LogP contribution in [0, 0.1) is 0 Å². The van der Waals surface area contributed by atoms with Crippen molar-refractivity contribution < 1.29 is 24.8 Å². The van der Waals surface area contributed by atoms with Crippen molar-refractivity contribution in [3.8, 4) is 0 Å². The SMILES string of the molecule is C=CCC=CCC(=O)OO.CC(=O)O. The maximum absolute atomic E-state index is 10.2. The highest BCUT2D eigenvalue weighted by Gasteiger charge is 1.94. The van der Waals surface area contributed by atoms with Crippen molar-refractivity contribution in [3.63, 3.8) is 0 Å². The van der Waals surface area contributed by atoms with Crippen LogP contribution in [0.25, 0.3) is 0 Å². The van der Waals surface area contributed by atoms with Crippen LogP contribution in [0.3, 0.4) is 0 Å².